The third-order valence-corrected chi connectivity index (χ3v) is 4.98. The minimum atomic E-state index is -0.296. The van der Waals surface area contributed by atoms with Crippen molar-refractivity contribution < 1.29 is 9.53 Å². The van der Waals surface area contributed by atoms with E-state index in [1.807, 2.05) is 24.3 Å². The summed E-state index contributed by atoms with van der Waals surface area (Å²) in [6.07, 6.45) is 1.97. The average molecular weight is 358 g/mol. The zero-order valence-electron chi connectivity index (χ0n) is 13.7. The second kappa shape index (κ2) is 6.67. The Morgan fingerprint density at radius 3 is 2.64 bits per heavy atom. The number of urea groups is 1. The SMILES string of the molecule is O=C(Nc1ccc(C[C@]23CN[C@H](CO2)C3)cc1)Nc1cccc(Cl)c1. The highest BCUT2D eigenvalue weighted by Crippen LogP contribution is 2.34. The second-order valence-electron chi connectivity index (χ2n) is 6.74. The molecule has 2 aliphatic heterocycles. The number of fused-ring (bicyclic) bond motifs is 2. The molecule has 2 heterocycles. The van der Waals surface area contributed by atoms with Gasteiger partial charge in [-0.3, -0.25) is 0 Å². The summed E-state index contributed by atoms with van der Waals surface area (Å²) in [4.78, 5) is 12.1. The van der Waals surface area contributed by atoms with Crippen molar-refractivity contribution in [1.82, 2.24) is 5.32 Å². The van der Waals surface area contributed by atoms with Gasteiger partial charge in [-0.2, -0.15) is 0 Å². The van der Waals surface area contributed by atoms with Crippen molar-refractivity contribution in [2.45, 2.75) is 24.5 Å². The largest absolute Gasteiger partial charge is 0.372 e. The van der Waals surface area contributed by atoms with Crippen LogP contribution in [0.1, 0.15) is 12.0 Å². The number of hydrogen-bond acceptors (Lipinski definition) is 3. The van der Waals surface area contributed by atoms with Crippen LogP contribution in [-0.4, -0.2) is 30.8 Å². The monoisotopic (exact) mass is 357 g/mol. The summed E-state index contributed by atoms with van der Waals surface area (Å²) in [7, 11) is 0. The van der Waals surface area contributed by atoms with Crippen molar-refractivity contribution in [2.75, 3.05) is 23.8 Å². The number of morpholine rings is 1. The number of rotatable bonds is 4. The van der Waals surface area contributed by atoms with Gasteiger partial charge in [0.05, 0.1) is 12.2 Å². The molecule has 0 saturated carbocycles. The van der Waals surface area contributed by atoms with Crippen molar-refractivity contribution in [3.63, 3.8) is 0 Å². The Hall–Kier alpha value is -2.08. The first kappa shape index (κ1) is 16.4. The van der Waals surface area contributed by atoms with E-state index in [4.69, 9.17) is 16.3 Å². The van der Waals surface area contributed by atoms with E-state index in [0.29, 0.717) is 16.8 Å². The van der Waals surface area contributed by atoms with Crippen molar-refractivity contribution in [2.24, 2.45) is 0 Å². The lowest BCUT2D eigenvalue weighted by atomic mass is 9.93. The topological polar surface area (TPSA) is 62.4 Å². The molecule has 0 aromatic heterocycles. The smallest absolute Gasteiger partial charge is 0.323 e. The maximum atomic E-state index is 12.1. The fraction of sp³-hybridized carbons (Fsp3) is 0.316. The van der Waals surface area contributed by atoms with Crippen LogP contribution >= 0.6 is 11.6 Å². The lowest BCUT2D eigenvalue weighted by Crippen LogP contribution is -2.40. The maximum absolute atomic E-state index is 12.1. The first-order valence-electron chi connectivity index (χ1n) is 8.40. The summed E-state index contributed by atoms with van der Waals surface area (Å²) in [6, 6.07) is 15.2. The molecule has 2 aromatic rings. The van der Waals surface area contributed by atoms with Gasteiger partial charge in [-0.1, -0.05) is 29.8 Å². The predicted octanol–water partition coefficient (Wildman–Crippen LogP) is 3.66. The lowest BCUT2D eigenvalue weighted by Gasteiger charge is -2.26. The molecule has 2 aliphatic rings. The molecule has 0 radical (unpaired) electrons. The summed E-state index contributed by atoms with van der Waals surface area (Å²) < 4.78 is 5.96. The highest BCUT2D eigenvalue weighted by atomic mass is 35.5. The van der Waals surface area contributed by atoms with Crippen LogP contribution in [0.2, 0.25) is 5.02 Å². The van der Waals surface area contributed by atoms with Crippen LogP contribution in [0.5, 0.6) is 0 Å². The van der Waals surface area contributed by atoms with Crippen molar-refractivity contribution in [3.05, 3.63) is 59.1 Å². The maximum Gasteiger partial charge on any atom is 0.323 e. The molecule has 2 atom stereocenters. The lowest BCUT2D eigenvalue weighted by molar-refractivity contribution is -0.00521. The average Bonchev–Trinajstić information content (AvgIpc) is 3.17. The van der Waals surface area contributed by atoms with Crippen LogP contribution in [0.4, 0.5) is 16.2 Å². The minimum absolute atomic E-state index is 0.0520. The Kier molecular flexibility index (Phi) is 4.37. The van der Waals surface area contributed by atoms with Crippen LogP contribution < -0.4 is 16.0 Å². The number of benzene rings is 2. The molecule has 2 bridgehead atoms. The molecule has 0 spiro atoms. The van der Waals surface area contributed by atoms with Crippen LogP contribution in [0, 0.1) is 0 Å². The molecule has 4 rings (SSSR count). The van der Waals surface area contributed by atoms with E-state index in [0.717, 1.165) is 31.7 Å². The first-order valence-corrected chi connectivity index (χ1v) is 8.78. The Morgan fingerprint density at radius 2 is 2.00 bits per heavy atom. The summed E-state index contributed by atoms with van der Waals surface area (Å²) in [5.74, 6) is 0. The van der Waals surface area contributed by atoms with Crippen molar-refractivity contribution >= 4 is 29.0 Å². The fourth-order valence-electron chi connectivity index (χ4n) is 3.55. The number of anilines is 2. The van der Waals surface area contributed by atoms with Crippen LogP contribution in [-0.2, 0) is 11.2 Å². The molecule has 6 heteroatoms. The van der Waals surface area contributed by atoms with Gasteiger partial charge < -0.3 is 20.7 Å². The number of halogens is 1. The Bertz CT molecular complexity index is 770. The highest BCUT2D eigenvalue weighted by molar-refractivity contribution is 6.30. The van der Waals surface area contributed by atoms with Crippen molar-refractivity contribution in [3.8, 4) is 0 Å². The van der Waals surface area contributed by atoms with E-state index in [1.165, 1.54) is 5.56 Å². The summed E-state index contributed by atoms with van der Waals surface area (Å²) >= 11 is 5.92. The Morgan fingerprint density at radius 1 is 1.20 bits per heavy atom. The number of carbonyl (C=O) groups is 1. The molecule has 25 heavy (non-hydrogen) atoms. The summed E-state index contributed by atoms with van der Waals surface area (Å²) in [5, 5.41) is 9.65. The van der Waals surface area contributed by atoms with Crippen molar-refractivity contribution in [1.29, 1.82) is 0 Å². The molecular weight excluding hydrogens is 338 g/mol. The molecule has 3 N–H and O–H groups in total. The molecule has 130 valence electrons. The van der Waals surface area contributed by atoms with Gasteiger partial charge in [0.1, 0.15) is 0 Å². The van der Waals surface area contributed by atoms with Gasteiger partial charge in [0.25, 0.3) is 0 Å². The molecule has 0 unspecified atom stereocenters. The van der Waals surface area contributed by atoms with Gasteiger partial charge in [-0.25, -0.2) is 4.79 Å². The third-order valence-electron chi connectivity index (χ3n) is 4.74. The highest BCUT2D eigenvalue weighted by Gasteiger charge is 2.45. The summed E-state index contributed by atoms with van der Waals surface area (Å²) in [6.45, 7) is 1.73. The summed E-state index contributed by atoms with van der Waals surface area (Å²) in [5.41, 5.74) is 2.56. The van der Waals surface area contributed by atoms with E-state index in [-0.39, 0.29) is 11.6 Å². The van der Waals surface area contributed by atoms with Gasteiger partial charge in [0.15, 0.2) is 0 Å². The molecule has 0 aliphatic carbocycles. The van der Waals surface area contributed by atoms with Gasteiger partial charge >= 0.3 is 6.03 Å². The Labute approximate surface area is 151 Å². The van der Waals surface area contributed by atoms with Crippen LogP contribution in [0.3, 0.4) is 0 Å². The minimum Gasteiger partial charge on any atom is -0.372 e. The molecule has 2 fully saturated rings. The first-order chi connectivity index (χ1) is 12.1. The van der Waals surface area contributed by atoms with E-state index >= 15 is 0 Å². The standard InChI is InChI=1S/C19H20ClN3O2/c20-14-2-1-3-16(8-14)23-18(24)22-15-6-4-13(5-7-15)9-19-10-17(11-25-19)21-12-19/h1-8,17,21H,9-12H2,(H2,22,23,24)/t17-,19-/m0/s1. The quantitative estimate of drug-likeness (QED) is 0.782. The van der Waals surface area contributed by atoms with Crippen LogP contribution in [0.15, 0.2) is 48.5 Å². The molecule has 2 amide bonds. The number of ether oxygens (including phenoxy) is 1. The number of hydrogen-bond donors (Lipinski definition) is 3. The number of amides is 2. The number of nitrogens with one attached hydrogen (secondary N) is 3. The molecular formula is C19H20ClN3O2. The molecule has 5 nitrogen and oxygen atoms in total. The van der Waals surface area contributed by atoms with Crippen LogP contribution in [0.25, 0.3) is 0 Å². The van der Waals surface area contributed by atoms with Gasteiger partial charge in [0, 0.05) is 35.4 Å². The fourth-order valence-corrected chi connectivity index (χ4v) is 3.74. The zero-order chi connectivity index (χ0) is 17.3. The Balaban J connectivity index is 1.35. The van der Waals surface area contributed by atoms with Gasteiger partial charge in [-0.15, -0.1) is 0 Å². The van der Waals surface area contributed by atoms with Gasteiger partial charge in [-0.05, 0) is 42.3 Å². The van der Waals surface area contributed by atoms with E-state index < -0.39 is 0 Å². The molecule has 2 saturated heterocycles. The molecule has 2 aromatic carbocycles. The second-order valence-corrected chi connectivity index (χ2v) is 7.18. The van der Waals surface area contributed by atoms with E-state index in [1.54, 1.807) is 24.3 Å². The third kappa shape index (κ3) is 3.79. The number of carbonyl (C=O) groups excluding carboxylic acids is 1. The normalized spacial score (nSPS) is 24.3. The zero-order valence-corrected chi connectivity index (χ0v) is 14.5. The van der Waals surface area contributed by atoms with E-state index in [2.05, 4.69) is 16.0 Å². The predicted molar refractivity (Wildman–Crippen MR) is 99.3 cm³/mol. The van der Waals surface area contributed by atoms with Gasteiger partial charge in [0.2, 0.25) is 0 Å². The van der Waals surface area contributed by atoms with E-state index in [9.17, 15) is 4.79 Å².